The van der Waals surface area contributed by atoms with Crippen molar-refractivity contribution in [2.75, 3.05) is 24.7 Å². The van der Waals surface area contributed by atoms with Crippen molar-refractivity contribution in [1.82, 2.24) is 15.3 Å². The lowest BCUT2D eigenvalue weighted by molar-refractivity contribution is 0.0964. The summed E-state index contributed by atoms with van der Waals surface area (Å²) in [7, 11) is -0.705. The van der Waals surface area contributed by atoms with Crippen molar-refractivity contribution in [2.24, 2.45) is 0 Å². The molecule has 0 saturated carbocycles. The van der Waals surface area contributed by atoms with E-state index in [1.54, 1.807) is 24.5 Å². The molecule has 0 bridgehead atoms. The Balaban J connectivity index is 1.61. The molecule has 0 spiro atoms. The van der Waals surface area contributed by atoms with E-state index < -0.39 is 21.7 Å². The molecule has 0 fully saturated rings. The Bertz CT molecular complexity index is 2030. The number of nitrogens with one attached hydrogen (secondary N) is 2. The van der Waals surface area contributed by atoms with Crippen LogP contribution in [0.3, 0.4) is 0 Å². The fraction of sp³-hybridized carbons (Fsp3) is 0.0968. The van der Waals surface area contributed by atoms with E-state index >= 15 is 0 Å². The third-order valence-electron chi connectivity index (χ3n) is 7.09. The maximum Gasteiger partial charge on any atom is 0.255 e. The summed E-state index contributed by atoms with van der Waals surface area (Å²) in [4.78, 5) is 21.0. The third kappa shape index (κ3) is 4.72. The van der Waals surface area contributed by atoms with Crippen molar-refractivity contribution >= 4 is 43.5 Å². The summed E-state index contributed by atoms with van der Waals surface area (Å²) in [5, 5.41) is 4.17. The van der Waals surface area contributed by atoms with Crippen LogP contribution in [0.1, 0.15) is 10.4 Å². The Morgan fingerprint density at radius 1 is 0.976 bits per heavy atom. The van der Waals surface area contributed by atoms with Crippen LogP contribution in [-0.2, 0) is 10.0 Å². The van der Waals surface area contributed by atoms with E-state index in [-0.39, 0.29) is 11.3 Å². The minimum Gasteiger partial charge on any atom is -0.455 e. The minimum atomic E-state index is -3.67. The molecule has 0 aliphatic heterocycles. The molecule has 6 rings (SSSR count). The standard InChI is InChI=1S/C31H25FN4O4S/c1-33-31(37)29-24-14-23(20-12-21(17-34-16-20)26-13-19-6-4-5-7-25(19)35-26)27(36(2)41(3,38)39)15-28(24)40-30(29)18-8-10-22(32)11-9-18/h4-17,35H,1-3H3,(H,33,37). The fourth-order valence-corrected chi connectivity index (χ4v) is 5.43. The summed E-state index contributed by atoms with van der Waals surface area (Å²) in [6, 6.07) is 20.8. The number of fused-ring (bicyclic) bond motifs is 2. The molecule has 3 aromatic heterocycles. The van der Waals surface area contributed by atoms with Crippen molar-refractivity contribution < 1.29 is 22.0 Å². The maximum atomic E-state index is 13.7. The average molecular weight is 569 g/mol. The van der Waals surface area contributed by atoms with E-state index in [0.29, 0.717) is 33.3 Å². The number of nitrogens with zero attached hydrogens (tertiary/aromatic N) is 2. The van der Waals surface area contributed by atoms with Crippen molar-refractivity contribution in [3.63, 3.8) is 0 Å². The van der Waals surface area contributed by atoms with E-state index in [0.717, 1.165) is 32.7 Å². The van der Waals surface area contributed by atoms with Gasteiger partial charge in [0.25, 0.3) is 5.91 Å². The number of benzene rings is 3. The van der Waals surface area contributed by atoms with E-state index in [9.17, 15) is 17.6 Å². The first-order chi connectivity index (χ1) is 19.6. The number of rotatable bonds is 6. The number of furan rings is 1. The molecule has 0 aliphatic carbocycles. The second-order valence-electron chi connectivity index (χ2n) is 9.72. The molecule has 0 radical (unpaired) electrons. The molecular weight excluding hydrogens is 543 g/mol. The van der Waals surface area contributed by atoms with Gasteiger partial charge in [-0.2, -0.15) is 0 Å². The lowest BCUT2D eigenvalue weighted by Crippen LogP contribution is -2.25. The van der Waals surface area contributed by atoms with Gasteiger partial charge in [0.2, 0.25) is 10.0 Å². The number of halogens is 1. The molecule has 41 heavy (non-hydrogen) atoms. The SMILES string of the molecule is CNC(=O)c1c(-c2ccc(F)cc2)oc2cc(N(C)S(C)(=O)=O)c(-c3cncc(-c4cc5ccccc5[nH]4)c3)cc12. The smallest absolute Gasteiger partial charge is 0.255 e. The number of amides is 1. The van der Waals surface area contributed by atoms with Gasteiger partial charge in [0, 0.05) is 76.8 Å². The van der Waals surface area contributed by atoms with Gasteiger partial charge in [-0.1, -0.05) is 18.2 Å². The topological polar surface area (TPSA) is 108 Å². The Hall–Kier alpha value is -4.96. The predicted molar refractivity (Wildman–Crippen MR) is 159 cm³/mol. The number of hydrogen-bond acceptors (Lipinski definition) is 5. The first-order valence-corrected chi connectivity index (χ1v) is 14.5. The van der Waals surface area contributed by atoms with Gasteiger partial charge in [0.15, 0.2) is 0 Å². The van der Waals surface area contributed by atoms with Gasteiger partial charge in [0.1, 0.15) is 17.2 Å². The van der Waals surface area contributed by atoms with Gasteiger partial charge in [-0.15, -0.1) is 0 Å². The molecule has 2 N–H and O–H groups in total. The van der Waals surface area contributed by atoms with Crippen LogP contribution in [0.2, 0.25) is 0 Å². The van der Waals surface area contributed by atoms with Gasteiger partial charge < -0.3 is 14.7 Å². The summed E-state index contributed by atoms with van der Waals surface area (Å²) in [6.45, 7) is 0. The molecule has 0 atom stereocenters. The highest BCUT2D eigenvalue weighted by Crippen LogP contribution is 2.41. The van der Waals surface area contributed by atoms with Crippen LogP contribution in [0.4, 0.5) is 10.1 Å². The van der Waals surface area contributed by atoms with E-state index in [4.69, 9.17) is 4.42 Å². The zero-order valence-corrected chi connectivity index (χ0v) is 23.2. The monoisotopic (exact) mass is 568 g/mol. The molecule has 1 amide bonds. The van der Waals surface area contributed by atoms with Gasteiger partial charge >= 0.3 is 0 Å². The summed E-state index contributed by atoms with van der Waals surface area (Å²) in [5.41, 5.74) is 5.22. The Morgan fingerprint density at radius 2 is 1.71 bits per heavy atom. The molecular formula is C31H25FN4O4S. The lowest BCUT2D eigenvalue weighted by atomic mass is 9.98. The largest absolute Gasteiger partial charge is 0.455 e. The number of aromatic amines is 1. The van der Waals surface area contributed by atoms with Crippen LogP contribution in [0.5, 0.6) is 0 Å². The lowest BCUT2D eigenvalue weighted by Gasteiger charge is -2.20. The number of hydrogen-bond donors (Lipinski definition) is 2. The molecule has 0 aliphatic rings. The second kappa shape index (κ2) is 9.90. The first-order valence-electron chi connectivity index (χ1n) is 12.7. The molecule has 8 nitrogen and oxygen atoms in total. The van der Waals surface area contributed by atoms with Gasteiger partial charge in [-0.25, -0.2) is 12.8 Å². The van der Waals surface area contributed by atoms with Gasteiger partial charge in [0.05, 0.1) is 17.5 Å². The van der Waals surface area contributed by atoms with Crippen LogP contribution in [-0.4, -0.2) is 44.6 Å². The molecule has 10 heteroatoms. The van der Waals surface area contributed by atoms with E-state index in [1.165, 1.54) is 38.4 Å². The normalized spacial score (nSPS) is 11.7. The van der Waals surface area contributed by atoms with Gasteiger partial charge in [-0.05, 0) is 48.5 Å². The molecule has 206 valence electrons. The highest BCUT2D eigenvalue weighted by atomic mass is 32.2. The Labute approximate surface area is 235 Å². The second-order valence-corrected chi connectivity index (χ2v) is 11.7. The number of para-hydroxylation sites is 1. The fourth-order valence-electron chi connectivity index (χ4n) is 4.92. The van der Waals surface area contributed by atoms with Crippen LogP contribution in [0, 0.1) is 5.82 Å². The van der Waals surface area contributed by atoms with Crippen LogP contribution in [0.15, 0.2) is 89.6 Å². The number of sulfonamides is 1. The summed E-state index contributed by atoms with van der Waals surface area (Å²) < 4.78 is 46.4. The minimum absolute atomic E-state index is 0.245. The average Bonchev–Trinajstić information content (AvgIpc) is 3.57. The highest BCUT2D eigenvalue weighted by Gasteiger charge is 2.26. The van der Waals surface area contributed by atoms with Crippen LogP contribution in [0.25, 0.3) is 55.6 Å². The highest BCUT2D eigenvalue weighted by molar-refractivity contribution is 7.92. The first kappa shape index (κ1) is 26.3. The maximum absolute atomic E-state index is 13.7. The summed E-state index contributed by atoms with van der Waals surface area (Å²) in [6.07, 6.45) is 4.49. The van der Waals surface area contributed by atoms with Crippen molar-refractivity contribution in [3.8, 4) is 33.7 Å². The van der Waals surface area contributed by atoms with Crippen molar-refractivity contribution in [1.29, 1.82) is 0 Å². The number of H-pyrrole nitrogens is 1. The number of aromatic nitrogens is 2. The predicted octanol–water partition coefficient (Wildman–Crippen LogP) is 6.20. The zero-order chi connectivity index (χ0) is 28.9. The number of pyridine rings is 1. The number of anilines is 1. The molecule has 0 unspecified atom stereocenters. The van der Waals surface area contributed by atoms with E-state index in [1.807, 2.05) is 36.4 Å². The number of carbonyl (C=O) groups is 1. The van der Waals surface area contributed by atoms with Crippen molar-refractivity contribution in [2.45, 2.75) is 0 Å². The van der Waals surface area contributed by atoms with Crippen LogP contribution < -0.4 is 9.62 Å². The molecule has 6 aromatic rings. The molecule has 0 saturated heterocycles. The van der Waals surface area contributed by atoms with E-state index in [2.05, 4.69) is 15.3 Å². The van der Waals surface area contributed by atoms with Gasteiger partial charge in [-0.3, -0.25) is 14.1 Å². The zero-order valence-electron chi connectivity index (χ0n) is 22.4. The van der Waals surface area contributed by atoms with Crippen molar-refractivity contribution in [3.05, 3.63) is 96.6 Å². The quantitative estimate of drug-likeness (QED) is 0.249. The third-order valence-corrected chi connectivity index (χ3v) is 8.29. The summed E-state index contributed by atoms with van der Waals surface area (Å²) in [5.74, 6) is -0.578. The van der Waals surface area contributed by atoms with Crippen LogP contribution >= 0.6 is 0 Å². The Morgan fingerprint density at radius 3 is 2.41 bits per heavy atom. The molecule has 3 aromatic carbocycles. The Kier molecular flexibility index (Phi) is 6.34. The number of carbonyl (C=O) groups excluding carboxylic acids is 1. The summed E-state index contributed by atoms with van der Waals surface area (Å²) >= 11 is 0. The molecule has 3 heterocycles.